The van der Waals surface area contributed by atoms with E-state index in [1.54, 1.807) is 17.0 Å². The first-order valence-corrected chi connectivity index (χ1v) is 7.89. The van der Waals surface area contributed by atoms with Gasteiger partial charge < -0.3 is 10.2 Å². The van der Waals surface area contributed by atoms with E-state index < -0.39 is 4.92 Å². The lowest BCUT2D eigenvalue weighted by Gasteiger charge is -2.30. The zero-order valence-electron chi connectivity index (χ0n) is 12.7. The monoisotopic (exact) mass is 303 g/mol. The van der Waals surface area contributed by atoms with E-state index in [4.69, 9.17) is 0 Å². The number of anilines is 1. The first kappa shape index (κ1) is 14.8. The van der Waals surface area contributed by atoms with Crippen molar-refractivity contribution in [2.75, 3.05) is 18.4 Å². The Morgan fingerprint density at radius 2 is 1.95 bits per heavy atom. The summed E-state index contributed by atoms with van der Waals surface area (Å²) in [6.07, 6.45) is 4.08. The van der Waals surface area contributed by atoms with Crippen LogP contribution in [-0.2, 0) is 0 Å². The molecule has 1 heterocycles. The summed E-state index contributed by atoms with van der Waals surface area (Å²) in [4.78, 5) is 25.2. The summed E-state index contributed by atoms with van der Waals surface area (Å²) in [5, 5.41) is 14.4. The number of likely N-dealkylation sites (tertiary alicyclic amines) is 1. The maximum atomic E-state index is 12.5. The molecule has 2 fully saturated rings. The van der Waals surface area contributed by atoms with Crippen molar-refractivity contribution in [1.29, 1.82) is 0 Å². The molecule has 0 bridgehead atoms. The predicted molar refractivity (Wildman–Crippen MR) is 84.0 cm³/mol. The number of amides is 1. The Bertz CT molecular complexity index is 590. The molecule has 22 heavy (non-hydrogen) atoms. The summed E-state index contributed by atoms with van der Waals surface area (Å²) in [6.45, 7) is 3.65. The third-order valence-corrected chi connectivity index (χ3v) is 4.45. The van der Waals surface area contributed by atoms with E-state index in [0.29, 0.717) is 23.2 Å². The van der Waals surface area contributed by atoms with Gasteiger partial charge in [0.15, 0.2) is 0 Å². The summed E-state index contributed by atoms with van der Waals surface area (Å²) in [7, 11) is 0. The molecule has 0 spiro atoms. The third kappa shape index (κ3) is 3.21. The lowest BCUT2D eigenvalue weighted by Crippen LogP contribution is -2.37. The third-order valence-electron chi connectivity index (χ3n) is 4.45. The fraction of sp³-hybridized carbons (Fsp3) is 0.562. The lowest BCUT2D eigenvalue weighted by atomic mass is 9.98. The highest BCUT2D eigenvalue weighted by atomic mass is 16.6. The highest BCUT2D eigenvalue weighted by Crippen LogP contribution is 2.32. The molecule has 1 aromatic rings. The van der Waals surface area contributed by atoms with E-state index in [1.165, 1.54) is 6.07 Å². The molecular weight excluding hydrogens is 282 g/mol. The number of rotatable bonds is 4. The van der Waals surface area contributed by atoms with E-state index in [9.17, 15) is 14.9 Å². The lowest BCUT2D eigenvalue weighted by molar-refractivity contribution is -0.384. The molecule has 0 radical (unpaired) electrons. The summed E-state index contributed by atoms with van der Waals surface area (Å²) < 4.78 is 0. The van der Waals surface area contributed by atoms with E-state index in [2.05, 4.69) is 12.2 Å². The van der Waals surface area contributed by atoms with Gasteiger partial charge >= 0.3 is 0 Å². The molecule has 1 N–H and O–H groups in total. The highest BCUT2D eigenvalue weighted by Gasteiger charge is 2.27. The van der Waals surface area contributed by atoms with Crippen molar-refractivity contribution in [3.8, 4) is 0 Å². The molecule has 1 aliphatic carbocycles. The second kappa shape index (κ2) is 5.94. The minimum absolute atomic E-state index is 0.0110. The molecule has 0 unspecified atom stereocenters. The van der Waals surface area contributed by atoms with Gasteiger partial charge in [0.25, 0.3) is 11.6 Å². The molecule has 1 amide bonds. The molecule has 0 atom stereocenters. The van der Waals surface area contributed by atoms with Crippen LogP contribution in [0.2, 0.25) is 0 Å². The average molecular weight is 303 g/mol. The van der Waals surface area contributed by atoms with Crippen molar-refractivity contribution in [2.24, 2.45) is 5.92 Å². The second-order valence-electron chi connectivity index (χ2n) is 6.38. The quantitative estimate of drug-likeness (QED) is 0.685. The molecule has 6 heteroatoms. The van der Waals surface area contributed by atoms with Gasteiger partial charge in [0.2, 0.25) is 0 Å². The Kier molecular flexibility index (Phi) is 4.00. The minimum Gasteiger partial charge on any atom is -0.377 e. The number of nitro benzene ring substituents is 1. The molecule has 6 nitrogen and oxygen atoms in total. The van der Waals surface area contributed by atoms with Crippen LogP contribution in [0.1, 0.15) is 43.0 Å². The molecule has 1 saturated heterocycles. The number of benzene rings is 1. The first-order valence-electron chi connectivity index (χ1n) is 7.89. The predicted octanol–water partition coefficient (Wildman–Crippen LogP) is 3.04. The number of hydrogen-bond acceptors (Lipinski definition) is 4. The molecule has 1 aliphatic heterocycles. The minimum atomic E-state index is -0.417. The van der Waals surface area contributed by atoms with Crippen molar-refractivity contribution in [2.45, 2.75) is 38.6 Å². The van der Waals surface area contributed by atoms with Gasteiger partial charge in [0.05, 0.1) is 4.92 Å². The fourth-order valence-electron chi connectivity index (χ4n) is 2.78. The maximum absolute atomic E-state index is 12.5. The van der Waals surface area contributed by atoms with Crippen LogP contribution in [0.15, 0.2) is 18.2 Å². The zero-order valence-corrected chi connectivity index (χ0v) is 12.7. The first-order chi connectivity index (χ1) is 10.5. The van der Waals surface area contributed by atoms with Gasteiger partial charge in [-0.2, -0.15) is 0 Å². The number of carbonyl (C=O) groups is 1. The summed E-state index contributed by atoms with van der Waals surface area (Å²) in [5.41, 5.74) is 0.905. The number of nitro groups is 1. The van der Waals surface area contributed by atoms with Gasteiger partial charge in [-0.3, -0.25) is 14.9 Å². The smallest absolute Gasteiger partial charge is 0.293 e. The van der Waals surface area contributed by atoms with E-state index in [-0.39, 0.29) is 11.6 Å². The van der Waals surface area contributed by atoms with Crippen molar-refractivity contribution in [1.82, 2.24) is 4.90 Å². The van der Waals surface area contributed by atoms with Crippen molar-refractivity contribution in [3.63, 3.8) is 0 Å². The van der Waals surface area contributed by atoms with Crippen LogP contribution >= 0.6 is 0 Å². The largest absolute Gasteiger partial charge is 0.377 e. The van der Waals surface area contributed by atoms with Gasteiger partial charge in [-0.15, -0.1) is 0 Å². The fourth-order valence-corrected chi connectivity index (χ4v) is 2.78. The normalized spacial score (nSPS) is 19.0. The van der Waals surface area contributed by atoms with Crippen molar-refractivity contribution in [3.05, 3.63) is 33.9 Å². The Balaban J connectivity index is 1.79. The van der Waals surface area contributed by atoms with Crippen LogP contribution in [0, 0.1) is 16.0 Å². The summed E-state index contributed by atoms with van der Waals surface area (Å²) >= 11 is 0. The van der Waals surface area contributed by atoms with Gasteiger partial charge in [0, 0.05) is 30.8 Å². The van der Waals surface area contributed by atoms with Gasteiger partial charge in [-0.1, -0.05) is 6.92 Å². The molecule has 118 valence electrons. The van der Waals surface area contributed by atoms with Crippen LogP contribution in [0.4, 0.5) is 11.4 Å². The Labute approximate surface area is 129 Å². The molecule has 1 aromatic carbocycles. The van der Waals surface area contributed by atoms with Crippen molar-refractivity contribution < 1.29 is 9.72 Å². The van der Waals surface area contributed by atoms with E-state index in [0.717, 1.165) is 38.8 Å². The van der Waals surface area contributed by atoms with Crippen LogP contribution < -0.4 is 5.32 Å². The SMILES string of the molecule is CC1CCN(C(=O)c2ccc(NC3CC3)c([N+](=O)[O-])c2)CC1. The Hall–Kier alpha value is -2.11. The maximum Gasteiger partial charge on any atom is 0.293 e. The topological polar surface area (TPSA) is 75.5 Å². The molecule has 0 aromatic heterocycles. The highest BCUT2D eigenvalue weighted by molar-refractivity contribution is 5.95. The molecule has 3 rings (SSSR count). The van der Waals surface area contributed by atoms with E-state index >= 15 is 0 Å². The Morgan fingerprint density at radius 1 is 1.27 bits per heavy atom. The standard InChI is InChI=1S/C16H21N3O3/c1-11-6-8-18(9-7-11)16(20)12-2-5-14(17-13-3-4-13)15(10-12)19(21)22/h2,5,10-11,13,17H,3-4,6-9H2,1H3. The van der Waals surface area contributed by atoms with Gasteiger partial charge in [-0.05, 0) is 43.7 Å². The Morgan fingerprint density at radius 3 is 2.55 bits per heavy atom. The molecular formula is C16H21N3O3. The number of carbonyl (C=O) groups excluding carboxylic acids is 1. The van der Waals surface area contributed by atoms with Crippen LogP contribution in [0.25, 0.3) is 0 Å². The summed E-state index contributed by atoms with van der Waals surface area (Å²) in [5.74, 6) is 0.538. The number of nitrogens with zero attached hydrogens (tertiary/aromatic N) is 2. The number of piperidine rings is 1. The van der Waals surface area contributed by atoms with Crippen LogP contribution in [-0.4, -0.2) is 34.9 Å². The molecule has 1 saturated carbocycles. The van der Waals surface area contributed by atoms with Crippen LogP contribution in [0.5, 0.6) is 0 Å². The molecule has 2 aliphatic rings. The van der Waals surface area contributed by atoms with Gasteiger partial charge in [-0.25, -0.2) is 0 Å². The average Bonchev–Trinajstić information content (AvgIpc) is 3.31. The number of hydrogen-bond donors (Lipinski definition) is 1. The zero-order chi connectivity index (χ0) is 15.7. The van der Waals surface area contributed by atoms with Crippen LogP contribution in [0.3, 0.4) is 0 Å². The van der Waals surface area contributed by atoms with Crippen molar-refractivity contribution >= 4 is 17.3 Å². The van der Waals surface area contributed by atoms with Gasteiger partial charge in [0.1, 0.15) is 5.69 Å². The second-order valence-corrected chi connectivity index (χ2v) is 6.38. The van der Waals surface area contributed by atoms with E-state index in [1.807, 2.05) is 0 Å². The number of nitrogens with one attached hydrogen (secondary N) is 1. The summed E-state index contributed by atoms with van der Waals surface area (Å²) in [6, 6.07) is 5.10.